The highest BCUT2D eigenvalue weighted by Gasteiger charge is 2.50. The Morgan fingerprint density at radius 1 is 1.10 bits per heavy atom. The first-order chi connectivity index (χ1) is 19.6. The molecule has 4 aromatic rings. The monoisotopic (exact) mass is 567 g/mol. The van der Waals surface area contributed by atoms with Crippen molar-refractivity contribution in [2.24, 2.45) is 7.05 Å². The van der Waals surface area contributed by atoms with Gasteiger partial charge in [0.25, 0.3) is 5.91 Å². The van der Waals surface area contributed by atoms with Gasteiger partial charge in [0.15, 0.2) is 0 Å². The number of hydrogen-bond acceptors (Lipinski definition) is 8. The van der Waals surface area contributed by atoms with E-state index < -0.39 is 18.1 Å². The van der Waals surface area contributed by atoms with Crippen LogP contribution in [0.4, 0.5) is 30.4 Å². The van der Waals surface area contributed by atoms with Crippen molar-refractivity contribution in [3.63, 3.8) is 0 Å². The summed E-state index contributed by atoms with van der Waals surface area (Å²) < 4.78 is 43.1. The summed E-state index contributed by atoms with van der Waals surface area (Å²) in [6.45, 7) is 1.45. The number of likely N-dealkylation sites (tertiary alicyclic amines) is 1. The molecule has 6 rings (SSSR count). The van der Waals surface area contributed by atoms with E-state index in [1.807, 2.05) is 30.3 Å². The predicted molar refractivity (Wildman–Crippen MR) is 146 cm³/mol. The zero-order valence-corrected chi connectivity index (χ0v) is 22.1. The maximum Gasteiger partial charge on any atom is 0.573 e. The summed E-state index contributed by atoms with van der Waals surface area (Å²) in [5, 5.41) is 17.7. The zero-order valence-electron chi connectivity index (χ0n) is 22.1. The molecule has 1 spiro atoms. The molecule has 0 radical (unpaired) electrons. The number of hydrogen-bond donors (Lipinski definition) is 3. The summed E-state index contributed by atoms with van der Waals surface area (Å²) in [7, 11) is 1.75. The number of halogens is 3. The second-order valence-electron chi connectivity index (χ2n) is 10.2. The van der Waals surface area contributed by atoms with E-state index in [0.717, 1.165) is 5.69 Å². The maximum atomic E-state index is 13.7. The lowest BCUT2D eigenvalue weighted by Crippen LogP contribution is -2.59. The Balaban J connectivity index is 1.20. The molecule has 0 aliphatic carbocycles. The average Bonchev–Trinajstić information content (AvgIpc) is 3.46. The number of amides is 1. The van der Waals surface area contributed by atoms with Crippen LogP contribution in [0.15, 0.2) is 67.0 Å². The maximum absolute atomic E-state index is 13.7. The molecule has 10 nitrogen and oxygen atoms in total. The number of carbonyl (C=O) groups excluding carboxylic acids is 1. The molecule has 0 saturated carbocycles. The van der Waals surface area contributed by atoms with Crippen LogP contribution in [0, 0.1) is 0 Å². The highest BCUT2D eigenvalue weighted by molar-refractivity contribution is 6.01. The minimum atomic E-state index is -4.77. The lowest BCUT2D eigenvalue weighted by Gasteiger charge is -2.46. The van der Waals surface area contributed by atoms with Crippen LogP contribution >= 0.6 is 0 Å². The molecule has 2 saturated heterocycles. The minimum Gasteiger partial charge on any atom is -0.406 e. The number of anilines is 3. The van der Waals surface area contributed by atoms with Gasteiger partial charge in [-0.2, -0.15) is 0 Å². The summed E-state index contributed by atoms with van der Waals surface area (Å²) >= 11 is 0. The second kappa shape index (κ2) is 10.2. The minimum absolute atomic E-state index is 0.161. The molecule has 2 aromatic carbocycles. The quantitative estimate of drug-likeness (QED) is 0.333. The van der Waals surface area contributed by atoms with Crippen molar-refractivity contribution in [1.82, 2.24) is 24.8 Å². The van der Waals surface area contributed by atoms with Gasteiger partial charge in [0, 0.05) is 31.5 Å². The van der Waals surface area contributed by atoms with E-state index in [-0.39, 0.29) is 11.7 Å². The normalized spacial score (nSPS) is 18.7. The number of para-hydroxylation sites is 1. The molecular weight excluding hydrogens is 539 g/mol. The fraction of sp³-hybridized carbons (Fsp3) is 0.321. The van der Waals surface area contributed by atoms with Crippen molar-refractivity contribution in [2.75, 3.05) is 30.0 Å². The molecule has 2 aliphatic heterocycles. The number of ether oxygens (including phenoxy) is 1. The lowest BCUT2D eigenvalue weighted by atomic mass is 9.84. The van der Waals surface area contributed by atoms with Crippen molar-refractivity contribution in [3.05, 3.63) is 72.7 Å². The molecule has 214 valence electrons. The average molecular weight is 568 g/mol. The van der Waals surface area contributed by atoms with Crippen LogP contribution in [0.1, 0.15) is 23.3 Å². The molecular formula is C28H28F3N7O3. The van der Waals surface area contributed by atoms with Gasteiger partial charge in [0.05, 0.1) is 17.6 Å². The van der Waals surface area contributed by atoms with Gasteiger partial charge in [-0.1, -0.05) is 18.2 Å². The zero-order chi connectivity index (χ0) is 28.8. The summed E-state index contributed by atoms with van der Waals surface area (Å²) in [6.07, 6.45) is -2.95. The molecule has 0 bridgehead atoms. The number of aliphatic hydroxyl groups is 1. The van der Waals surface area contributed by atoms with E-state index in [4.69, 9.17) is 0 Å². The molecule has 13 heteroatoms. The van der Waals surface area contributed by atoms with Crippen LogP contribution in [0.3, 0.4) is 0 Å². The van der Waals surface area contributed by atoms with E-state index in [1.165, 1.54) is 30.6 Å². The third-order valence-electron chi connectivity index (χ3n) is 7.87. The molecule has 4 heterocycles. The van der Waals surface area contributed by atoms with Crippen molar-refractivity contribution in [1.29, 1.82) is 0 Å². The van der Waals surface area contributed by atoms with Gasteiger partial charge in [0.1, 0.15) is 35.5 Å². The summed E-state index contributed by atoms with van der Waals surface area (Å²) in [6, 6.07) is 16.9. The van der Waals surface area contributed by atoms with Gasteiger partial charge in [-0.05, 0) is 55.3 Å². The number of alkyl halides is 3. The smallest absolute Gasteiger partial charge is 0.406 e. The van der Waals surface area contributed by atoms with E-state index in [1.54, 1.807) is 22.6 Å². The Morgan fingerprint density at radius 3 is 2.49 bits per heavy atom. The predicted octanol–water partition coefficient (Wildman–Crippen LogP) is 3.97. The number of aryl methyl sites for hydroxylation is 1. The van der Waals surface area contributed by atoms with Gasteiger partial charge in [-0.25, -0.2) is 9.97 Å². The van der Waals surface area contributed by atoms with E-state index in [9.17, 15) is 23.1 Å². The molecule has 2 aliphatic rings. The first-order valence-corrected chi connectivity index (χ1v) is 13.1. The fourth-order valence-corrected chi connectivity index (χ4v) is 5.75. The van der Waals surface area contributed by atoms with E-state index >= 15 is 0 Å². The molecule has 41 heavy (non-hydrogen) atoms. The highest BCUT2D eigenvalue weighted by atomic mass is 19.4. The first kappa shape index (κ1) is 26.8. The molecule has 1 unspecified atom stereocenters. The number of nitrogens with zero attached hydrogens (tertiary/aromatic N) is 5. The van der Waals surface area contributed by atoms with Gasteiger partial charge < -0.3 is 29.5 Å². The topological polar surface area (TPSA) is 108 Å². The molecule has 1 amide bonds. The fourth-order valence-electron chi connectivity index (χ4n) is 5.75. The Morgan fingerprint density at radius 2 is 1.80 bits per heavy atom. The number of aliphatic hydroxyl groups excluding tert-OH is 1. The number of aromatic nitrogens is 3. The number of carbonyl (C=O) groups is 1. The standard InChI is InChI=1S/C28H28F3N7O3/c1-36-22(15-21-23(32-16-33-24(21)36)35-18-7-9-20(10-8-18)41-28(29,30)31)25(39)37-13-11-27(12-14-37)26(40)34-17-38(27)19-5-3-2-4-6-19/h2-10,15-16,26,34,40H,11-14,17H2,1H3,(H,32,33,35). The van der Waals surface area contributed by atoms with Crippen LogP contribution in [0.2, 0.25) is 0 Å². The number of rotatable bonds is 5. The number of piperidine rings is 1. The van der Waals surface area contributed by atoms with E-state index in [2.05, 4.69) is 30.2 Å². The largest absolute Gasteiger partial charge is 0.573 e. The Labute approximate surface area is 233 Å². The van der Waals surface area contributed by atoms with Crippen LogP contribution in [0.25, 0.3) is 11.0 Å². The number of nitrogens with one attached hydrogen (secondary N) is 2. The van der Waals surface area contributed by atoms with E-state index in [0.29, 0.717) is 60.8 Å². The summed E-state index contributed by atoms with van der Waals surface area (Å²) in [5.41, 5.74) is 1.95. The Hall–Kier alpha value is -4.36. The third kappa shape index (κ3) is 5.02. The van der Waals surface area contributed by atoms with Crippen molar-refractivity contribution >= 4 is 34.1 Å². The van der Waals surface area contributed by atoms with Gasteiger partial charge in [-0.3, -0.25) is 10.1 Å². The van der Waals surface area contributed by atoms with Crippen molar-refractivity contribution in [3.8, 4) is 5.75 Å². The first-order valence-electron chi connectivity index (χ1n) is 13.1. The van der Waals surface area contributed by atoms with Crippen LogP contribution in [-0.2, 0) is 7.05 Å². The van der Waals surface area contributed by atoms with Gasteiger partial charge in [0.2, 0.25) is 0 Å². The molecule has 2 fully saturated rings. The molecule has 1 atom stereocenters. The van der Waals surface area contributed by atoms with Crippen LogP contribution < -0.4 is 20.3 Å². The highest BCUT2D eigenvalue weighted by Crippen LogP contribution is 2.39. The third-order valence-corrected chi connectivity index (χ3v) is 7.87. The van der Waals surface area contributed by atoms with Gasteiger partial charge >= 0.3 is 6.36 Å². The lowest BCUT2D eigenvalue weighted by molar-refractivity contribution is -0.274. The Bertz CT molecular complexity index is 1550. The van der Waals surface area contributed by atoms with Gasteiger partial charge in [-0.15, -0.1) is 13.2 Å². The van der Waals surface area contributed by atoms with Crippen LogP contribution in [0.5, 0.6) is 5.75 Å². The summed E-state index contributed by atoms with van der Waals surface area (Å²) in [5.74, 6) is -0.0864. The van der Waals surface area contributed by atoms with Crippen molar-refractivity contribution < 1.29 is 27.8 Å². The van der Waals surface area contributed by atoms with Crippen molar-refractivity contribution in [2.45, 2.75) is 31.0 Å². The van der Waals surface area contributed by atoms with Crippen LogP contribution in [-0.4, -0.2) is 68.3 Å². The number of benzene rings is 2. The summed E-state index contributed by atoms with van der Waals surface area (Å²) in [4.78, 5) is 26.3. The molecule has 3 N–H and O–H groups in total. The molecule has 2 aromatic heterocycles. The second-order valence-corrected chi connectivity index (χ2v) is 10.2. The number of fused-ring (bicyclic) bond motifs is 1. The Kier molecular flexibility index (Phi) is 6.70. The SMILES string of the molecule is Cn1c(C(=O)N2CCC3(CC2)C(O)NCN3c2ccccc2)cc2c(Nc3ccc(OC(F)(F)F)cc3)ncnc21.